The number of ether oxygens (including phenoxy) is 3. The van der Waals surface area contributed by atoms with Gasteiger partial charge in [-0.1, -0.05) is 0 Å². The van der Waals surface area contributed by atoms with Gasteiger partial charge in [0.25, 0.3) is 0 Å². The van der Waals surface area contributed by atoms with Crippen molar-refractivity contribution in [1.29, 1.82) is 0 Å². The van der Waals surface area contributed by atoms with Crippen LogP contribution >= 0.6 is 0 Å². The topological polar surface area (TPSA) is 85.3 Å². The Hall–Kier alpha value is -1.18. The first-order valence-corrected chi connectivity index (χ1v) is 5.62. The smallest absolute Gasteiger partial charge is 0.320 e. The number of esters is 1. The summed E-state index contributed by atoms with van der Waals surface area (Å²) in [5, 5.41) is 9.13. The number of hydrogen-bond acceptors (Lipinski definition) is 6. The molecule has 0 amide bonds. The van der Waals surface area contributed by atoms with Crippen molar-refractivity contribution in [3.63, 3.8) is 0 Å². The first-order chi connectivity index (χ1) is 8.48. The normalized spacial score (nSPS) is 19.9. The summed E-state index contributed by atoms with van der Waals surface area (Å²) in [7, 11) is 4.32. The molecular formula is C11H19NO6. The number of hydrogen-bond donors (Lipinski definition) is 1. The second-order valence-corrected chi connectivity index (χ2v) is 4.19. The van der Waals surface area contributed by atoms with E-state index in [0.717, 1.165) is 0 Å². The Balaban J connectivity index is 2.50. The molecule has 1 rings (SSSR count). The van der Waals surface area contributed by atoms with Crippen molar-refractivity contribution < 1.29 is 28.9 Å². The van der Waals surface area contributed by atoms with Crippen LogP contribution in [-0.2, 0) is 23.8 Å². The fraction of sp³-hybridized carbons (Fsp3) is 0.818. The molecule has 0 aliphatic carbocycles. The zero-order valence-corrected chi connectivity index (χ0v) is 10.8. The predicted molar refractivity (Wildman–Crippen MR) is 61.0 cm³/mol. The highest BCUT2D eigenvalue weighted by Gasteiger charge is 2.48. The summed E-state index contributed by atoms with van der Waals surface area (Å²) < 4.78 is 14.9. The van der Waals surface area contributed by atoms with Gasteiger partial charge in [0.05, 0.1) is 20.2 Å². The van der Waals surface area contributed by atoms with Crippen molar-refractivity contribution in [3.8, 4) is 0 Å². The van der Waals surface area contributed by atoms with Crippen molar-refractivity contribution in [2.75, 3.05) is 34.4 Å². The Morgan fingerprint density at radius 3 is 2.22 bits per heavy atom. The molecule has 1 aliphatic rings. The molecule has 7 heteroatoms. The van der Waals surface area contributed by atoms with Crippen molar-refractivity contribution in [3.05, 3.63) is 0 Å². The van der Waals surface area contributed by atoms with E-state index in [1.54, 1.807) is 4.90 Å². The molecule has 0 aromatic heterocycles. The monoisotopic (exact) mass is 261 g/mol. The third kappa shape index (κ3) is 3.18. The van der Waals surface area contributed by atoms with E-state index in [1.807, 2.05) is 0 Å². The van der Waals surface area contributed by atoms with Crippen LogP contribution in [0.2, 0.25) is 0 Å². The Kier molecular flexibility index (Phi) is 5.06. The summed E-state index contributed by atoms with van der Waals surface area (Å²) in [5.41, 5.74) is 0. The summed E-state index contributed by atoms with van der Waals surface area (Å²) in [6.45, 7) is 0.746. The van der Waals surface area contributed by atoms with E-state index in [4.69, 9.17) is 14.6 Å². The van der Waals surface area contributed by atoms with E-state index >= 15 is 0 Å². The molecule has 1 atom stereocenters. The molecule has 0 saturated carbocycles. The molecule has 18 heavy (non-hydrogen) atoms. The zero-order valence-electron chi connectivity index (χ0n) is 10.8. The number of carboxylic acid groups (broad SMARTS) is 1. The lowest BCUT2D eigenvalue weighted by Crippen LogP contribution is -2.67. The summed E-state index contributed by atoms with van der Waals surface area (Å²) in [4.78, 5) is 23.9. The molecule has 0 aromatic rings. The summed E-state index contributed by atoms with van der Waals surface area (Å²) in [6.07, 6.45) is 0.294. The maximum Gasteiger partial charge on any atom is 0.320 e. The van der Waals surface area contributed by atoms with Crippen LogP contribution in [-0.4, -0.2) is 68.2 Å². The Bertz CT molecular complexity index is 307. The average molecular weight is 261 g/mol. The van der Waals surface area contributed by atoms with E-state index < -0.39 is 23.8 Å². The van der Waals surface area contributed by atoms with Crippen molar-refractivity contribution in [2.45, 2.75) is 24.7 Å². The number of carboxylic acids is 1. The van der Waals surface area contributed by atoms with E-state index in [1.165, 1.54) is 21.3 Å². The SMILES string of the molecule is COC(=O)CCC(C(=O)O)N1CC(OC)(OC)C1. The zero-order chi connectivity index (χ0) is 13.8. The number of rotatable bonds is 7. The van der Waals surface area contributed by atoms with Crippen LogP contribution in [0.3, 0.4) is 0 Å². The van der Waals surface area contributed by atoms with Crippen LogP contribution in [0.1, 0.15) is 12.8 Å². The highest BCUT2D eigenvalue weighted by atomic mass is 16.7. The van der Waals surface area contributed by atoms with Gasteiger partial charge in [-0.3, -0.25) is 14.5 Å². The first kappa shape index (κ1) is 14.9. The van der Waals surface area contributed by atoms with Crippen LogP contribution in [0.25, 0.3) is 0 Å². The minimum Gasteiger partial charge on any atom is -0.480 e. The van der Waals surface area contributed by atoms with Gasteiger partial charge in [0, 0.05) is 20.6 Å². The van der Waals surface area contributed by atoms with Gasteiger partial charge >= 0.3 is 11.9 Å². The minimum absolute atomic E-state index is 0.0803. The van der Waals surface area contributed by atoms with Gasteiger partial charge in [-0.05, 0) is 6.42 Å². The quantitative estimate of drug-likeness (QED) is 0.497. The molecule has 1 fully saturated rings. The van der Waals surface area contributed by atoms with Gasteiger partial charge in [0.2, 0.25) is 0 Å². The number of nitrogens with zero attached hydrogens (tertiary/aromatic N) is 1. The molecule has 7 nitrogen and oxygen atoms in total. The van der Waals surface area contributed by atoms with Crippen LogP contribution in [0.15, 0.2) is 0 Å². The Morgan fingerprint density at radius 1 is 1.28 bits per heavy atom. The second kappa shape index (κ2) is 6.12. The summed E-state index contributed by atoms with van der Waals surface area (Å²) in [5.74, 6) is -2.09. The Labute approximate surface area is 106 Å². The fourth-order valence-corrected chi connectivity index (χ4v) is 1.95. The molecule has 0 aromatic carbocycles. The molecule has 0 spiro atoms. The van der Waals surface area contributed by atoms with Gasteiger partial charge in [-0.25, -0.2) is 0 Å². The molecular weight excluding hydrogens is 242 g/mol. The van der Waals surface area contributed by atoms with Crippen LogP contribution < -0.4 is 0 Å². The largest absolute Gasteiger partial charge is 0.480 e. The molecule has 1 unspecified atom stereocenters. The summed E-state index contributed by atoms with van der Waals surface area (Å²) >= 11 is 0. The highest BCUT2D eigenvalue weighted by Crippen LogP contribution is 2.28. The van der Waals surface area contributed by atoms with Gasteiger partial charge < -0.3 is 19.3 Å². The number of methoxy groups -OCH3 is 3. The molecule has 1 saturated heterocycles. The van der Waals surface area contributed by atoms with Gasteiger partial charge in [-0.15, -0.1) is 0 Å². The third-order valence-corrected chi connectivity index (χ3v) is 3.21. The van der Waals surface area contributed by atoms with Crippen molar-refractivity contribution in [1.82, 2.24) is 4.90 Å². The lowest BCUT2D eigenvalue weighted by atomic mass is 10.0. The molecule has 0 bridgehead atoms. The van der Waals surface area contributed by atoms with Gasteiger partial charge in [0.15, 0.2) is 5.79 Å². The van der Waals surface area contributed by atoms with Gasteiger partial charge in [-0.2, -0.15) is 0 Å². The number of aliphatic carboxylic acids is 1. The van der Waals surface area contributed by atoms with E-state index in [0.29, 0.717) is 13.1 Å². The highest BCUT2D eigenvalue weighted by molar-refractivity contribution is 5.75. The lowest BCUT2D eigenvalue weighted by molar-refractivity contribution is -0.281. The Morgan fingerprint density at radius 2 is 1.83 bits per heavy atom. The molecule has 1 aliphatic heterocycles. The molecule has 1 heterocycles. The molecule has 1 N–H and O–H groups in total. The van der Waals surface area contributed by atoms with E-state index in [9.17, 15) is 9.59 Å². The van der Waals surface area contributed by atoms with E-state index in [-0.39, 0.29) is 12.8 Å². The average Bonchev–Trinajstić information content (AvgIpc) is 2.31. The number of carbonyl (C=O) groups is 2. The maximum absolute atomic E-state index is 11.1. The first-order valence-electron chi connectivity index (χ1n) is 5.62. The maximum atomic E-state index is 11.1. The van der Waals surface area contributed by atoms with Crippen molar-refractivity contribution in [2.24, 2.45) is 0 Å². The van der Waals surface area contributed by atoms with Crippen molar-refractivity contribution >= 4 is 11.9 Å². The van der Waals surface area contributed by atoms with Gasteiger partial charge in [0.1, 0.15) is 6.04 Å². The lowest BCUT2D eigenvalue weighted by Gasteiger charge is -2.49. The van der Waals surface area contributed by atoms with Crippen LogP contribution in [0.5, 0.6) is 0 Å². The minimum atomic E-state index is -0.959. The predicted octanol–water partition coefficient (Wildman–Crippen LogP) is -0.302. The third-order valence-electron chi connectivity index (χ3n) is 3.21. The van der Waals surface area contributed by atoms with Crippen LogP contribution in [0.4, 0.5) is 0 Å². The summed E-state index contributed by atoms with van der Waals surface area (Å²) in [6, 6.07) is -0.720. The number of carbonyl (C=O) groups excluding carboxylic acids is 1. The van der Waals surface area contributed by atoms with E-state index in [2.05, 4.69) is 4.74 Å². The van der Waals surface area contributed by atoms with Crippen LogP contribution in [0, 0.1) is 0 Å². The molecule has 0 radical (unpaired) electrons. The second-order valence-electron chi connectivity index (χ2n) is 4.19. The number of likely N-dealkylation sites (tertiary alicyclic amines) is 1. The fourth-order valence-electron chi connectivity index (χ4n) is 1.95. The standard InChI is InChI=1S/C11H19NO6/c1-16-9(13)5-4-8(10(14)15)12-6-11(7-12,17-2)18-3/h8H,4-7H2,1-3H3,(H,14,15). The molecule has 104 valence electrons.